The summed E-state index contributed by atoms with van der Waals surface area (Å²) < 4.78 is 0. The molecular formula is C22H24. The second kappa shape index (κ2) is 4.25. The predicted molar refractivity (Wildman–Crippen MR) is 91.4 cm³/mol. The lowest BCUT2D eigenvalue weighted by Gasteiger charge is -2.43. The van der Waals surface area contributed by atoms with E-state index < -0.39 is 0 Å². The fraction of sp³-hybridized carbons (Fsp3) is 0.455. The van der Waals surface area contributed by atoms with Gasteiger partial charge in [-0.1, -0.05) is 53.9 Å². The highest BCUT2D eigenvalue weighted by Gasteiger charge is 2.57. The molecular weight excluding hydrogens is 264 g/mol. The molecule has 0 aromatic heterocycles. The maximum absolute atomic E-state index is 2.52. The van der Waals surface area contributed by atoms with Gasteiger partial charge in [0.2, 0.25) is 0 Å². The van der Waals surface area contributed by atoms with Crippen molar-refractivity contribution in [2.45, 2.75) is 51.4 Å². The van der Waals surface area contributed by atoms with E-state index in [4.69, 9.17) is 0 Å². The Hall–Kier alpha value is -1.56. The molecule has 0 nitrogen and oxygen atoms in total. The van der Waals surface area contributed by atoms with Gasteiger partial charge in [0, 0.05) is 5.41 Å². The number of benzene rings is 2. The largest absolute Gasteiger partial charge is 0.0590 e. The molecule has 0 unspecified atom stereocenters. The lowest BCUT2D eigenvalue weighted by atomic mass is 9.59. The van der Waals surface area contributed by atoms with Crippen LogP contribution in [0.2, 0.25) is 0 Å². The van der Waals surface area contributed by atoms with Crippen LogP contribution in [0.5, 0.6) is 0 Å². The van der Waals surface area contributed by atoms with Crippen LogP contribution in [0.25, 0.3) is 0 Å². The van der Waals surface area contributed by atoms with Gasteiger partial charge in [-0.2, -0.15) is 0 Å². The fourth-order valence-corrected chi connectivity index (χ4v) is 5.99. The van der Waals surface area contributed by atoms with Gasteiger partial charge >= 0.3 is 0 Å². The molecule has 0 heteroatoms. The van der Waals surface area contributed by atoms with Gasteiger partial charge in [-0.3, -0.25) is 0 Å². The van der Waals surface area contributed by atoms with Crippen LogP contribution in [0.15, 0.2) is 36.4 Å². The summed E-state index contributed by atoms with van der Waals surface area (Å²) in [6, 6.07) is 14.5. The molecule has 0 N–H and O–H groups in total. The summed E-state index contributed by atoms with van der Waals surface area (Å²) in [6.45, 7) is 4.52. The minimum Gasteiger partial charge on any atom is -0.0590 e. The van der Waals surface area contributed by atoms with E-state index >= 15 is 0 Å². The van der Waals surface area contributed by atoms with Crippen molar-refractivity contribution >= 4 is 0 Å². The molecule has 2 aromatic carbocycles. The van der Waals surface area contributed by atoms with Crippen LogP contribution < -0.4 is 0 Å². The molecule has 112 valence electrons. The zero-order valence-electron chi connectivity index (χ0n) is 13.7. The van der Waals surface area contributed by atoms with Gasteiger partial charge in [0.05, 0.1) is 0 Å². The quantitative estimate of drug-likeness (QED) is 0.631. The Morgan fingerprint density at radius 1 is 0.773 bits per heavy atom. The van der Waals surface area contributed by atoms with Crippen molar-refractivity contribution in [3.8, 4) is 0 Å². The van der Waals surface area contributed by atoms with Crippen LogP contribution in [0.3, 0.4) is 0 Å². The molecule has 0 aliphatic heterocycles. The Balaban J connectivity index is 1.84. The Labute approximate surface area is 133 Å². The Bertz CT molecular complexity index is 702. The number of hydrogen-bond acceptors (Lipinski definition) is 0. The lowest BCUT2D eigenvalue weighted by Crippen LogP contribution is -2.41. The molecule has 1 fully saturated rings. The van der Waals surface area contributed by atoms with Crippen LogP contribution in [-0.4, -0.2) is 0 Å². The monoisotopic (exact) mass is 288 g/mol. The fourth-order valence-electron chi connectivity index (χ4n) is 5.99. The molecule has 0 bridgehead atoms. The first-order valence-corrected chi connectivity index (χ1v) is 8.89. The Morgan fingerprint density at radius 3 is 1.77 bits per heavy atom. The molecule has 1 spiro atoms. The second-order valence-corrected chi connectivity index (χ2v) is 7.92. The highest BCUT2D eigenvalue weighted by atomic mass is 14.6. The van der Waals surface area contributed by atoms with E-state index in [0.29, 0.717) is 5.41 Å². The summed E-state index contributed by atoms with van der Waals surface area (Å²) in [5.41, 5.74) is 9.85. The molecule has 0 saturated heterocycles. The van der Waals surface area contributed by atoms with Crippen LogP contribution in [0.1, 0.15) is 52.6 Å². The summed E-state index contributed by atoms with van der Waals surface area (Å²) in [7, 11) is 0. The van der Waals surface area contributed by atoms with Gasteiger partial charge in [0.25, 0.3) is 0 Å². The normalized spacial score (nSPS) is 31.4. The van der Waals surface area contributed by atoms with Crippen molar-refractivity contribution in [1.82, 2.24) is 0 Å². The summed E-state index contributed by atoms with van der Waals surface area (Å²) in [5, 5.41) is 0. The Kier molecular flexibility index (Phi) is 2.50. The maximum atomic E-state index is 2.52. The molecule has 0 heterocycles. The highest BCUT2D eigenvalue weighted by Crippen LogP contribution is 2.62. The van der Waals surface area contributed by atoms with E-state index in [-0.39, 0.29) is 0 Å². The summed E-state index contributed by atoms with van der Waals surface area (Å²) >= 11 is 0. The molecule has 22 heavy (non-hydrogen) atoms. The second-order valence-electron chi connectivity index (χ2n) is 7.92. The van der Waals surface area contributed by atoms with Crippen LogP contribution in [-0.2, 0) is 18.3 Å². The average molecular weight is 288 g/mol. The van der Waals surface area contributed by atoms with Gasteiger partial charge in [-0.05, 0) is 73.6 Å². The zero-order valence-corrected chi connectivity index (χ0v) is 13.7. The van der Waals surface area contributed by atoms with Gasteiger partial charge in [0.1, 0.15) is 0 Å². The molecule has 2 atom stereocenters. The number of fused-ring (bicyclic) bond motifs is 2. The van der Waals surface area contributed by atoms with E-state index in [1.54, 1.807) is 22.3 Å². The number of aryl methyl sites for hydroxylation is 2. The lowest BCUT2D eigenvalue weighted by molar-refractivity contribution is 0.176. The minimum absolute atomic E-state index is 0.348. The highest BCUT2D eigenvalue weighted by molar-refractivity contribution is 5.57. The molecule has 3 aliphatic carbocycles. The first kappa shape index (κ1) is 12.9. The van der Waals surface area contributed by atoms with E-state index in [1.807, 2.05) is 0 Å². The van der Waals surface area contributed by atoms with E-state index in [0.717, 1.165) is 11.8 Å². The van der Waals surface area contributed by atoms with Gasteiger partial charge in [-0.15, -0.1) is 0 Å². The van der Waals surface area contributed by atoms with E-state index in [1.165, 1.54) is 43.2 Å². The van der Waals surface area contributed by atoms with E-state index in [2.05, 4.69) is 50.2 Å². The molecule has 0 radical (unpaired) electrons. The third-order valence-corrected chi connectivity index (χ3v) is 6.75. The molecule has 1 saturated carbocycles. The van der Waals surface area contributed by atoms with Gasteiger partial charge in [0.15, 0.2) is 0 Å². The number of rotatable bonds is 0. The first-order chi connectivity index (χ1) is 10.7. The SMILES string of the molecule is Cc1ccc2c(c1)C13c4cc(C)ccc4C[C@@H]1CCC[C@H]3C2. The average Bonchev–Trinajstić information content (AvgIpc) is 3.01. The van der Waals surface area contributed by atoms with Crippen LogP contribution in [0.4, 0.5) is 0 Å². The van der Waals surface area contributed by atoms with Crippen LogP contribution in [0, 0.1) is 25.7 Å². The van der Waals surface area contributed by atoms with Crippen molar-refractivity contribution in [2.24, 2.45) is 11.8 Å². The number of hydrogen-bond donors (Lipinski definition) is 0. The van der Waals surface area contributed by atoms with Crippen molar-refractivity contribution in [3.05, 3.63) is 69.8 Å². The van der Waals surface area contributed by atoms with Gasteiger partial charge in [-0.25, -0.2) is 0 Å². The summed E-state index contributed by atoms with van der Waals surface area (Å²) in [6.07, 6.45) is 6.87. The van der Waals surface area contributed by atoms with Crippen molar-refractivity contribution < 1.29 is 0 Å². The zero-order chi connectivity index (χ0) is 14.9. The minimum atomic E-state index is 0.348. The summed E-state index contributed by atoms with van der Waals surface area (Å²) in [4.78, 5) is 0. The Morgan fingerprint density at radius 2 is 1.27 bits per heavy atom. The topological polar surface area (TPSA) is 0 Å². The van der Waals surface area contributed by atoms with E-state index in [9.17, 15) is 0 Å². The standard InChI is InChI=1S/C22H24/c1-14-6-8-16-12-18-4-3-5-19-13-17-9-7-15(2)11-21(17)22(18,19)20(16)10-14/h6-11,18-19H,3-5,12-13H2,1-2H3/t18-,19-,22?/m0/s1. The molecule has 5 rings (SSSR count). The maximum Gasteiger partial charge on any atom is 0.0271 e. The molecule has 2 aromatic rings. The van der Waals surface area contributed by atoms with Gasteiger partial charge < -0.3 is 0 Å². The smallest absolute Gasteiger partial charge is 0.0271 e. The molecule has 0 amide bonds. The van der Waals surface area contributed by atoms with Crippen molar-refractivity contribution in [2.75, 3.05) is 0 Å². The first-order valence-electron chi connectivity index (χ1n) is 8.89. The third kappa shape index (κ3) is 1.44. The van der Waals surface area contributed by atoms with Crippen molar-refractivity contribution in [1.29, 1.82) is 0 Å². The summed E-state index contributed by atoms with van der Waals surface area (Å²) in [5.74, 6) is 1.68. The van der Waals surface area contributed by atoms with Crippen molar-refractivity contribution in [3.63, 3.8) is 0 Å². The third-order valence-electron chi connectivity index (χ3n) is 6.75. The van der Waals surface area contributed by atoms with Crippen LogP contribution >= 0.6 is 0 Å². The predicted octanol–water partition coefficient (Wildman–Crippen LogP) is 5.12. The molecule has 3 aliphatic rings.